The van der Waals surface area contributed by atoms with Crippen molar-refractivity contribution < 1.29 is 22.8 Å². The number of carbonyl (C=O) groups excluding carboxylic acids is 2. The van der Waals surface area contributed by atoms with Crippen molar-refractivity contribution in [1.82, 2.24) is 9.88 Å². The number of amides is 2. The Labute approximate surface area is 159 Å². The smallest absolute Gasteiger partial charge is 0.351 e. The summed E-state index contributed by atoms with van der Waals surface area (Å²) < 4.78 is 39.2. The first-order valence-electron chi connectivity index (χ1n) is 8.62. The Morgan fingerprint density at radius 2 is 1.75 bits per heavy atom. The van der Waals surface area contributed by atoms with Crippen LogP contribution in [0.2, 0.25) is 0 Å². The third kappa shape index (κ3) is 4.16. The van der Waals surface area contributed by atoms with E-state index in [0.29, 0.717) is 5.69 Å². The fourth-order valence-corrected chi connectivity index (χ4v) is 2.89. The van der Waals surface area contributed by atoms with E-state index in [1.54, 1.807) is 13.0 Å². The highest BCUT2D eigenvalue weighted by Gasteiger charge is 2.33. The average Bonchev–Trinajstić information content (AvgIpc) is 3.09. The van der Waals surface area contributed by atoms with Gasteiger partial charge in [-0.2, -0.15) is 13.2 Å². The average molecular weight is 389 g/mol. The summed E-state index contributed by atoms with van der Waals surface area (Å²) >= 11 is 0. The van der Waals surface area contributed by atoms with Gasteiger partial charge in [-0.1, -0.05) is 30.3 Å². The molecular weight excluding hydrogens is 371 g/mol. The van der Waals surface area contributed by atoms with Crippen LogP contribution in [0, 0.1) is 0 Å². The molecule has 0 aliphatic heterocycles. The number of alkyl halides is 3. The lowest BCUT2D eigenvalue weighted by Gasteiger charge is -2.20. The number of benzene rings is 2. The molecule has 2 aromatic carbocycles. The number of nitrogens with one attached hydrogen (secondary N) is 2. The minimum atomic E-state index is -4.59. The number of anilines is 1. The molecule has 0 fully saturated rings. The highest BCUT2D eigenvalue weighted by molar-refractivity contribution is 6.01. The van der Waals surface area contributed by atoms with E-state index in [1.807, 2.05) is 24.3 Å². The summed E-state index contributed by atoms with van der Waals surface area (Å²) in [6.45, 7) is 1.55. The molecule has 0 saturated heterocycles. The Bertz CT molecular complexity index is 978. The summed E-state index contributed by atoms with van der Waals surface area (Å²) in [5.74, 6) is -1.11. The lowest BCUT2D eigenvalue weighted by atomic mass is 10.1. The third-order valence-electron chi connectivity index (χ3n) is 4.27. The van der Waals surface area contributed by atoms with Crippen LogP contribution < -0.4 is 5.32 Å². The molecule has 0 aliphatic carbocycles. The van der Waals surface area contributed by atoms with E-state index < -0.39 is 23.6 Å². The third-order valence-corrected chi connectivity index (χ3v) is 4.27. The zero-order chi connectivity index (χ0) is 20.3. The predicted octanol–water partition coefficient (Wildman–Crippen LogP) is 4.29. The Morgan fingerprint density at radius 1 is 1.07 bits per heavy atom. The van der Waals surface area contributed by atoms with Crippen LogP contribution in [-0.4, -0.2) is 34.8 Å². The summed E-state index contributed by atoms with van der Waals surface area (Å²) in [5.41, 5.74) is -0.181. The summed E-state index contributed by atoms with van der Waals surface area (Å²) in [6, 6.07) is 13.7. The Morgan fingerprint density at radius 3 is 2.43 bits per heavy atom. The standard InChI is InChI=1S/C20H18F3N3O2/c1-2-26(19(28)17-11-13-7-3-5-9-15(13)24-17)12-18(27)25-16-10-6-4-8-14(16)20(21,22)23/h3-11,24H,2,12H2,1H3,(H,25,27). The molecule has 146 valence electrons. The maximum Gasteiger partial charge on any atom is 0.418 e. The van der Waals surface area contributed by atoms with Gasteiger partial charge in [-0.15, -0.1) is 0 Å². The topological polar surface area (TPSA) is 65.2 Å². The van der Waals surface area contributed by atoms with Crippen LogP contribution in [-0.2, 0) is 11.0 Å². The molecule has 1 aromatic heterocycles. The van der Waals surface area contributed by atoms with Crippen molar-refractivity contribution in [3.63, 3.8) is 0 Å². The summed E-state index contributed by atoms with van der Waals surface area (Å²) in [6.07, 6.45) is -4.59. The molecule has 8 heteroatoms. The molecule has 2 N–H and O–H groups in total. The van der Waals surface area contributed by atoms with Crippen LogP contribution in [0.1, 0.15) is 23.0 Å². The van der Waals surface area contributed by atoms with E-state index >= 15 is 0 Å². The zero-order valence-electron chi connectivity index (χ0n) is 15.0. The highest BCUT2D eigenvalue weighted by atomic mass is 19.4. The molecule has 3 rings (SSSR count). The van der Waals surface area contributed by atoms with Crippen LogP contribution in [0.5, 0.6) is 0 Å². The van der Waals surface area contributed by atoms with Gasteiger partial charge in [-0.3, -0.25) is 9.59 Å². The molecule has 0 saturated carbocycles. The van der Waals surface area contributed by atoms with Crippen molar-refractivity contribution >= 4 is 28.4 Å². The van der Waals surface area contributed by atoms with E-state index in [0.717, 1.165) is 17.0 Å². The van der Waals surface area contributed by atoms with E-state index in [2.05, 4.69) is 10.3 Å². The number of hydrogen-bond donors (Lipinski definition) is 2. The molecule has 0 unspecified atom stereocenters. The molecule has 3 aromatic rings. The van der Waals surface area contributed by atoms with Crippen LogP contribution in [0.15, 0.2) is 54.6 Å². The number of halogens is 3. The lowest BCUT2D eigenvalue weighted by Crippen LogP contribution is -2.38. The fourth-order valence-electron chi connectivity index (χ4n) is 2.89. The first-order valence-corrected chi connectivity index (χ1v) is 8.62. The van der Waals surface area contributed by atoms with Gasteiger partial charge >= 0.3 is 6.18 Å². The van der Waals surface area contributed by atoms with Gasteiger partial charge in [0.25, 0.3) is 5.91 Å². The van der Waals surface area contributed by atoms with Crippen LogP contribution in [0.4, 0.5) is 18.9 Å². The number of H-pyrrole nitrogens is 1. The Kier molecular flexibility index (Phi) is 5.39. The van der Waals surface area contributed by atoms with Crippen LogP contribution >= 0.6 is 0 Å². The second-order valence-corrected chi connectivity index (χ2v) is 6.18. The minimum absolute atomic E-state index is 0.225. The van der Waals surface area contributed by atoms with E-state index in [9.17, 15) is 22.8 Å². The first-order chi connectivity index (χ1) is 13.3. The van der Waals surface area contributed by atoms with Crippen LogP contribution in [0.25, 0.3) is 10.9 Å². The highest BCUT2D eigenvalue weighted by Crippen LogP contribution is 2.34. The van der Waals surface area contributed by atoms with Crippen molar-refractivity contribution in [2.45, 2.75) is 13.1 Å². The summed E-state index contributed by atoms with van der Waals surface area (Å²) in [5, 5.41) is 3.10. The van der Waals surface area contributed by atoms with Gasteiger partial charge in [0.05, 0.1) is 11.3 Å². The van der Waals surface area contributed by atoms with Crippen molar-refractivity contribution in [2.24, 2.45) is 0 Å². The molecule has 0 radical (unpaired) electrons. The fraction of sp³-hybridized carbons (Fsp3) is 0.200. The number of hydrogen-bond acceptors (Lipinski definition) is 2. The maximum absolute atomic E-state index is 13.1. The van der Waals surface area contributed by atoms with Crippen molar-refractivity contribution in [3.05, 3.63) is 65.9 Å². The largest absolute Gasteiger partial charge is 0.418 e. The molecule has 28 heavy (non-hydrogen) atoms. The maximum atomic E-state index is 13.1. The monoisotopic (exact) mass is 389 g/mol. The number of rotatable bonds is 5. The quantitative estimate of drug-likeness (QED) is 0.684. The molecular formula is C20H18F3N3O2. The number of likely N-dealkylation sites (N-methyl/N-ethyl adjacent to an activating group) is 1. The molecule has 0 bridgehead atoms. The van der Waals surface area contributed by atoms with Gasteiger partial charge in [-0.25, -0.2) is 0 Å². The Hall–Kier alpha value is -3.29. The lowest BCUT2D eigenvalue weighted by molar-refractivity contribution is -0.137. The molecule has 0 aliphatic rings. The number of fused-ring (bicyclic) bond motifs is 1. The van der Waals surface area contributed by atoms with Gasteiger partial charge in [0.1, 0.15) is 12.2 Å². The van der Waals surface area contributed by atoms with E-state index in [4.69, 9.17) is 0 Å². The molecule has 0 atom stereocenters. The van der Waals surface area contributed by atoms with Crippen molar-refractivity contribution in [3.8, 4) is 0 Å². The summed E-state index contributed by atoms with van der Waals surface area (Å²) in [4.78, 5) is 29.2. The van der Waals surface area contributed by atoms with E-state index in [-0.39, 0.29) is 18.8 Å². The first kappa shape index (κ1) is 19.5. The number of nitrogens with zero attached hydrogens (tertiary/aromatic N) is 1. The normalized spacial score (nSPS) is 11.4. The van der Waals surface area contributed by atoms with Crippen LogP contribution in [0.3, 0.4) is 0 Å². The van der Waals surface area contributed by atoms with Gasteiger partial charge in [0.15, 0.2) is 0 Å². The number of aromatic nitrogens is 1. The molecule has 0 spiro atoms. The van der Waals surface area contributed by atoms with E-state index in [1.165, 1.54) is 23.1 Å². The SMILES string of the molecule is CCN(CC(=O)Nc1ccccc1C(F)(F)F)C(=O)c1cc2ccccc2[nH]1. The second kappa shape index (κ2) is 7.75. The number of para-hydroxylation sites is 2. The number of aromatic amines is 1. The van der Waals surface area contributed by atoms with Gasteiger partial charge in [0.2, 0.25) is 5.91 Å². The second-order valence-electron chi connectivity index (χ2n) is 6.18. The number of carbonyl (C=O) groups is 2. The molecule has 5 nitrogen and oxygen atoms in total. The molecule has 2 amide bonds. The minimum Gasteiger partial charge on any atom is -0.351 e. The molecule has 1 heterocycles. The summed E-state index contributed by atoms with van der Waals surface area (Å²) in [7, 11) is 0. The van der Waals surface area contributed by atoms with Crippen molar-refractivity contribution in [2.75, 3.05) is 18.4 Å². The van der Waals surface area contributed by atoms with Gasteiger partial charge in [0, 0.05) is 17.4 Å². The zero-order valence-corrected chi connectivity index (χ0v) is 15.0. The Balaban J connectivity index is 1.74. The van der Waals surface area contributed by atoms with Gasteiger partial charge < -0.3 is 15.2 Å². The van der Waals surface area contributed by atoms with Gasteiger partial charge in [-0.05, 0) is 31.2 Å². The van der Waals surface area contributed by atoms with Crippen molar-refractivity contribution in [1.29, 1.82) is 0 Å². The predicted molar refractivity (Wildman–Crippen MR) is 99.9 cm³/mol.